The first-order valence-corrected chi connectivity index (χ1v) is 4.77. The summed E-state index contributed by atoms with van der Waals surface area (Å²) in [5.74, 6) is 0. The first kappa shape index (κ1) is 8.17. The highest BCUT2D eigenvalue weighted by atomic mass is 14.8. The summed E-state index contributed by atoms with van der Waals surface area (Å²) in [5.41, 5.74) is 3.02. The lowest BCUT2D eigenvalue weighted by Crippen LogP contribution is -1.80. The summed E-state index contributed by atoms with van der Waals surface area (Å²) in [6.07, 6.45) is 5.40. The van der Waals surface area contributed by atoms with Crippen LogP contribution in [0.15, 0.2) is 48.9 Å². The monoisotopic (exact) mass is 195 g/mol. The number of rotatable bonds is 1. The van der Waals surface area contributed by atoms with Gasteiger partial charge in [-0.2, -0.15) is 0 Å². The van der Waals surface area contributed by atoms with Crippen LogP contribution in [0.4, 0.5) is 0 Å². The van der Waals surface area contributed by atoms with Crippen molar-refractivity contribution in [1.29, 1.82) is 0 Å². The van der Waals surface area contributed by atoms with Crippen molar-refractivity contribution in [2.24, 2.45) is 0 Å². The lowest BCUT2D eigenvalue weighted by atomic mass is 10.2. The van der Waals surface area contributed by atoms with E-state index in [1.54, 1.807) is 12.4 Å². The van der Waals surface area contributed by atoms with Gasteiger partial charge in [-0.1, -0.05) is 6.07 Å². The number of hydrogen-bond acceptors (Lipinski definition) is 2. The first-order chi connectivity index (χ1) is 7.43. The van der Waals surface area contributed by atoms with Gasteiger partial charge in [0.2, 0.25) is 0 Å². The first-order valence-electron chi connectivity index (χ1n) is 4.77. The van der Waals surface area contributed by atoms with Crippen molar-refractivity contribution in [2.75, 3.05) is 0 Å². The molecule has 0 aromatic carbocycles. The van der Waals surface area contributed by atoms with Crippen molar-refractivity contribution in [1.82, 2.24) is 15.0 Å². The van der Waals surface area contributed by atoms with Gasteiger partial charge >= 0.3 is 0 Å². The Morgan fingerprint density at radius 3 is 2.87 bits per heavy atom. The number of nitrogens with zero attached hydrogens (tertiary/aromatic N) is 2. The standard InChI is InChI=1S/C12H9N3/c1-2-5-14-10(3-1)11-7-9-4-6-13-8-12(9)15-11/h1-8,15H. The SMILES string of the molecule is c1ccc(-c2cc3ccncc3[nH]2)nc1. The van der Waals surface area contributed by atoms with Gasteiger partial charge in [0.25, 0.3) is 0 Å². The van der Waals surface area contributed by atoms with Gasteiger partial charge in [-0.25, -0.2) is 0 Å². The zero-order valence-electron chi connectivity index (χ0n) is 8.01. The zero-order chi connectivity index (χ0) is 10.1. The second-order valence-electron chi connectivity index (χ2n) is 3.36. The smallest absolute Gasteiger partial charge is 0.0864 e. The lowest BCUT2D eigenvalue weighted by Gasteiger charge is -1.93. The van der Waals surface area contributed by atoms with Gasteiger partial charge in [-0.15, -0.1) is 0 Å². The molecule has 0 unspecified atom stereocenters. The van der Waals surface area contributed by atoms with E-state index in [4.69, 9.17) is 0 Å². The molecule has 3 heterocycles. The Kier molecular flexibility index (Phi) is 1.75. The normalized spacial score (nSPS) is 10.7. The van der Waals surface area contributed by atoms with Crippen LogP contribution in [-0.4, -0.2) is 15.0 Å². The Balaban J connectivity index is 2.21. The summed E-state index contributed by atoms with van der Waals surface area (Å²) in [6.45, 7) is 0. The summed E-state index contributed by atoms with van der Waals surface area (Å²) >= 11 is 0. The van der Waals surface area contributed by atoms with Crippen LogP contribution in [0.3, 0.4) is 0 Å². The van der Waals surface area contributed by atoms with Crippen molar-refractivity contribution >= 4 is 10.9 Å². The van der Waals surface area contributed by atoms with Gasteiger partial charge in [0, 0.05) is 17.8 Å². The van der Waals surface area contributed by atoms with E-state index in [-0.39, 0.29) is 0 Å². The third-order valence-electron chi connectivity index (χ3n) is 2.36. The van der Waals surface area contributed by atoms with Crippen molar-refractivity contribution in [3.05, 3.63) is 48.9 Å². The molecule has 0 bridgehead atoms. The number of H-pyrrole nitrogens is 1. The Morgan fingerprint density at radius 2 is 2.07 bits per heavy atom. The molecule has 3 aromatic heterocycles. The van der Waals surface area contributed by atoms with Crippen LogP contribution in [0.1, 0.15) is 0 Å². The molecule has 0 amide bonds. The highest BCUT2D eigenvalue weighted by molar-refractivity contribution is 5.84. The Labute approximate surface area is 86.8 Å². The van der Waals surface area contributed by atoms with Crippen LogP contribution in [0.5, 0.6) is 0 Å². The molecule has 0 saturated carbocycles. The highest BCUT2D eigenvalue weighted by Crippen LogP contribution is 2.21. The zero-order valence-corrected chi connectivity index (χ0v) is 8.01. The molecule has 0 atom stereocenters. The predicted molar refractivity (Wildman–Crippen MR) is 59.3 cm³/mol. The fourth-order valence-corrected chi connectivity index (χ4v) is 1.63. The van der Waals surface area contributed by atoms with Gasteiger partial charge in [0.1, 0.15) is 0 Å². The summed E-state index contributed by atoms with van der Waals surface area (Å²) in [5, 5.41) is 1.16. The van der Waals surface area contributed by atoms with Gasteiger partial charge < -0.3 is 4.98 Å². The Bertz CT molecular complexity index is 551. The van der Waals surface area contributed by atoms with Crippen LogP contribution < -0.4 is 0 Å². The van der Waals surface area contributed by atoms with Gasteiger partial charge in [-0.3, -0.25) is 9.97 Å². The molecule has 72 valence electrons. The third-order valence-corrected chi connectivity index (χ3v) is 2.36. The number of aromatic nitrogens is 3. The van der Waals surface area contributed by atoms with Crippen LogP contribution in [0, 0.1) is 0 Å². The highest BCUT2D eigenvalue weighted by Gasteiger charge is 2.02. The molecule has 0 aliphatic heterocycles. The minimum Gasteiger partial charge on any atom is -0.352 e. The summed E-state index contributed by atoms with van der Waals surface area (Å²) < 4.78 is 0. The maximum absolute atomic E-state index is 4.29. The number of aromatic amines is 1. The summed E-state index contributed by atoms with van der Waals surface area (Å²) in [6, 6.07) is 9.94. The molecule has 0 aliphatic rings. The number of fused-ring (bicyclic) bond motifs is 1. The van der Waals surface area contributed by atoms with Crippen molar-refractivity contribution in [3.8, 4) is 11.4 Å². The molecule has 3 nitrogen and oxygen atoms in total. The second-order valence-corrected chi connectivity index (χ2v) is 3.36. The molecule has 1 N–H and O–H groups in total. The van der Waals surface area contributed by atoms with Crippen LogP contribution in [0.25, 0.3) is 22.3 Å². The molecule has 3 heteroatoms. The molecule has 0 aliphatic carbocycles. The minimum atomic E-state index is 0.953. The summed E-state index contributed by atoms with van der Waals surface area (Å²) in [7, 11) is 0. The number of nitrogens with one attached hydrogen (secondary N) is 1. The van der Waals surface area contributed by atoms with E-state index in [9.17, 15) is 0 Å². The van der Waals surface area contributed by atoms with Gasteiger partial charge in [0.05, 0.1) is 23.1 Å². The van der Waals surface area contributed by atoms with E-state index >= 15 is 0 Å². The fraction of sp³-hybridized carbons (Fsp3) is 0. The molecule has 0 saturated heterocycles. The maximum atomic E-state index is 4.29. The predicted octanol–water partition coefficient (Wildman–Crippen LogP) is 2.62. The molecule has 0 radical (unpaired) electrons. The van der Waals surface area contributed by atoms with E-state index in [0.29, 0.717) is 0 Å². The van der Waals surface area contributed by atoms with Crippen molar-refractivity contribution < 1.29 is 0 Å². The molecule has 0 fully saturated rings. The van der Waals surface area contributed by atoms with Crippen LogP contribution in [-0.2, 0) is 0 Å². The van der Waals surface area contributed by atoms with E-state index in [1.165, 1.54) is 0 Å². The van der Waals surface area contributed by atoms with E-state index in [1.807, 2.05) is 30.5 Å². The lowest BCUT2D eigenvalue weighted by molar-refractivity contribution is 1.28. The van der Waals surface area contributed by atoms with E-state index in [0.717, 1.165) is 22.3 Å². The third kappa shape index (κ3) is 1.38. The van der Waals surface area contributed by atoms with Gasteiger partial charge in [-0.05, 0) is 24.3 Å². The topological polar surface area (TPSA) is 41.6 Å². The molecule has 3 aromatic rings. The van der Waals surface area contributed by atoms with Gasteiger partial charge in [0.15, 0.2) is 0 Å². The summed E-state index contributed by atoms with van der Waals surface area (Å²) in [4.78, 5) is 11.6. The minimum absolute atomic E-state index is 0.953. The van der Waals surface area contributed by atoms with E-state index in [2.05, 4.69) is 21.0 Å². The van der Waals surface area contributed by atoms with E-state index < -0.39 is 0 Å². The average molecular weight is 195 g/mol. The number of hydrogen-bond donors (Lipinski definition) is 1. The van der Waals surface area contributed by atoms with Crippen LogP contribution >= 0.6 is 0 Å². The molecule has 0 spiro atoms. The van der Waals surface area contributed by atoms with Crippen LogP contribution in [0.2, 0.25) is 0 Å². The molecular weight excluding hydrogens is 186 g/mol. The molecular formula is C12H9N3. The van der Waals surface area contributed by atoms with Crippen molar-refractivity contribution in [3.63, 3.8) is 0 Å². The maximum Gasteiger partial charge on any atom is 0.0864 e. The fourth-order valence-electron chi connectivity index (χ4n) is 1.63. The largest absolute Gasteiger partial charge is 0.352 e. The Morgan fingerprint density at radius 1 is 1.07 bits per heavy atom. The molecule has 3 rings (SSSR count). The Hall–Kier alpha value is -2.16. The second kappa shape index (κ2) is 3.20. The van der Waals surface area contributed by atoms with Crippen molar-refractivity contribution in [2.45, 2.75) is 0 Å². The number of pyridine rings is 2. The molecule has 15 heavy (non-hydrogen) atoms. The quantitative estimate of drug-likeness (QED) is 0.648. The average Bonchev–Trinajstić information content (AvgIpc) is 2.74.